The second-order valence-electron chi connectivity index (χ2n) is 5.02. The van der Waals surface area contributed by atoms with Crippen molar-refractivity contribution in [2.24, 2.45) is 0 Å². The Morgan fingerprint density at radius 2 is 2.09 bits per heavy atom. The predicted octanol–water partition coefficient (Wildman–Crippen LogP) is 2.58. The number of benzene rings is 1. The number of hydrogen-bond donors (Lipinski definition) is 1. The molecule has 1 N–H and O–H groups in total. The van der Waals surface area contributed by atoms with Crippen molar-refractivity contribution < 1.29 is 9.72 Å². The maximum absolute atomic E-state index is 12.3. The molecule has 2 amide bonds. The van der Waals surface area contributed by atoms with E-state index < -0.39 is 4.92 Å². The molecule has 0 radical (unpaired) electrons. The number of aromatic nitrogens is 1. The van der Waals surface area contributed by atoms with Crippen LogP contribution in [0.2, 0.25) is 0 Å². The quantitative estimate of drug-likeness (QED) is 0.681. The number of carbonyl (C=O) groups excluding carboxylic acids is 1. The van der Waals surface area contributed by atoms with Crippen molar-refractivity contribution >= 4 is 17.4 Å². The van der Waals surface area contributed by atoms with E-state index in [0.29, 0.717) is 19.5 Å². The van der Waals surface area contributed by atoms with E-state index in [1.807, 2.05) is 30.3 Å². The molecule has 22 heavy (non-hydrogen) atoms. The van der Waals surface area contributed by atoms with E-state index in [-0.39, 0.29) is 11.7 Å². The second kappa shape index (κ2) is 5.80. The average molecular weight is 298 g/mol. The highest BCUT2D eigenvalue weighted by Gasteiger charge is 2.23. The molecule has 1 aromatic heterocycles. The minimum absolute atomic E-state index is 0.0518. The van der Waals surface area contributed by atoms with Gasteiger partial charge in [-0.3, -0.25) is 15.1 Å². The van der Waals surface area contributed by atoms with Crippen LogP contribution in [0, 0.1) is 10.1 Å². The van der Waals surface area contributed by atoms with Gasteiger partial charge in [0.05, 0.1) is 4.92 Å². The summed E-state index contributed by atoms with van der Waals surface area (Å²) in [6.07, 6.45) is 1.86. The predicted molar refractivity (Wildman–Crippen MR) is 80.5 cm³/mol. The summed E-state index contributed by atoms with van der Waals surface area (Å²) in [5.41, 5.74) is 2.21. The number of hydrogen-bond acceptors (Lipinski definition) is 4. The highest BCUT2D eigenvalue weighted by Crippen LogP contribution is 2.22. The molecular formula is C15H14N4O3. The number of nitrogens with zero attached hydrogens (tertiary/aromatic N) is 3. The number of carbonyl (C=O) groups is 1. The highest BCUT2D eigenvalue weighted by atomic mass is 16.6. The summed E-state index contributed by atoms with van der Waals surface area (Å²) in [6, 6.07) is 10.4. The van der Waals surface area contributed by atoms with Gasteiger partial charge in [0, 0.05) is 37.0 Å². The Bertz CT molecular complexity index is 718. The lowest BCUT2D eigenvalue weighted by Gasteiger charge is -2.28. The smallest absolute Gasteiger partial charge is 0.320 e. The topological polar surface area (TPSA) is 88.4 Å². The van der Waals surface area contributed by atoms with Gasteiger partial charge in [0.15, 0.2) is 0 Å². The molecule has 1 aromatic carbocycles. The Balaban J connectivity index is 1.74. The van der Waals surface area contributed by atoms with Crippen LogP contribution in [0.1, 0.15) is 11.3 Å². The lowest BCUT2D eigenvalue weighted by atomic mass is 10.1. The van der Waals surface area contributed by atoms with Crippen molar-refractivity contribution in [2.45, 2.75) is 13.0 Å². The molecule has 3 rings (SSSR count). The SMILES string of the molecule is O=C(Nc1ccccc1)N1CCc2ncc([N+](=O)[O-])cc2C1. The third kappa shape index (κ3) is 2.88. The van der Waals surface area contributed by atoms with E-state index in [1.165, 1.54) is 12.3 Å². The molecule has 2 heterocycles. The van der Waals surface area contributed by atoms with Crippen LogP contribution in [-0.2, 0) is 13.0 Å². The third-order valence-corrected chi connectivity index (χ3v) is 3.55. The number of pyridine rings is 1. The molecule has 0 saturated carbocycles. The van der Waals surface area contributed by atoms with Crippen molar-refractivity contribution in [3.05, 3.63) is 64.0 Å². The molecule has 0 aliphatic carbocycles. The monoisotopic (exact) mass is 298 g/mol. The van der Waals surface area contributed by atoms with Gasteiger partial charge in [-0.1, -0.05) is 18.2 Å². The highest BCUT2D eigenvalue weighted by molar-refractivity contribution is 5.89. The summed E-state index contributed by atoms with van der Waals surface area (Å²) in [5, 5.41) is 13.6. The maximum Gasteiger partial charge on any atom is 0.322 e. The first-order valence-electron chi connectivity index (χ1n) is 6.86. The fourth-order valence-corrected chi connectivity index (χ4v) is 2.41. The van der Waals surface area contributed by atoms with Gasteiger partial charge in [-0.05, 0) is 17.7 Å². The van der Waals surface area contributed by atoms with Gasteiger partial charge < -0.3 is 10.2 Å². The first-order chi connectivity index (χ1) is 10.6. The van der Waals surface area contributed by atoms with E-state index in [2.05, 4.69) is 10.3 Å². The lowest BCUT2D eigenvalue weighted by Crippen LogP contribution is -2.39. The second-order valence-corrected chi connectivity index (χ2v) is 5.02. The summed E-state index contributed by atoms with van der Waals surface area (Å²) >= 11 is 0. The number of urea groups is 1. The van der Waals surface area contributed by atoms with Gasteiger partial charge >= 0.3 is 6.03 Å². The van der Waals surface area contributed by atoms with Crippen molar-refractivity contribution in [2.75, 3.05) is 11.9 Å². The lowest BCUT2D eigenvalue weighted by molar-refractivity contribution is -0.385. The zero-order valence-corrected chi connectivity index (χ0v) is 11.7. The van der Waals surface area contributed by atoms with Crippen LogP contribution in [-0.4, -0.2) is 27.4 Å². The number of nitrogens with one attached hydrogen (secondary N) is 1. The average Bonchev–Trinajstić information content (AvgIpc) is 2.54. The van der Waals surface area contributed by atoms with Crippen molar-refractivity contribution in [3.8, 4) is 0 Å². The van der Waals surface area contributed by atoms with E-state index in [9.17, 15) is 14.9 Å². The molecule has 0 spiro atoms. The molecule has 1 aliphatic rings. The maximum atomic E-state index is 12.3. The number of amides is 2. The van der Waals surface area contributed by atoms with Crippen LogP contribution in [0.15, 0.2) is 42.6 Å². The summed E-state index contributed by atoms with van der Waals surface area (Å²) in [7, 11) is 0. The Kier molecular flexibility index (Phi) is 3.69. The van der Waals surface area contributed by atoms with E-state index in [4.69, 9.17) is 0 Å². The molecule has 0 bridgehead atoms. The zero-order chi connectivity index (χ0) is 15.5. The van der Waals surface area contributed by atoms with Crippen molar-refractivity contribution in [1.29, 1.82) is 0 Å². The molecule has 0 atom stereocenters. The Morgan fingerprint density at radius 1 is 1.32 bits per heavy atom. The molecule has 2 aromatic rings. The molecule has 1 aliphatic heterocycles. The normalized spacial score (nSPS) is 13.4. The van der Waals surface area contributed by atoms with E-state index >= 15 is 0 Å². The first kappa shape index (κ1) is 14.0. The van der Waals surface area contributed by atoms with Gasteiger partial charge in [-0.15, -0.1) is 0 Å². The van der Waals surface area contributed by atoms with Gasteiger partial charge in [0.2, 0.25) is 0 Å². The van der Waals surface area contributed by atoms with Crippen LogP contribution in [0.5, 0.6) is 0 Å². The molecule has 7 nitrogen and oxygen atoms in total. The Labute approximate surface area is 126 Å². The minimum atomic E-state index is -0.476. The zero-order valence-electron chi connectivity index (χ0n) is 11.7. The molecule has 7 heteroatoms. The van der Waals surface area contributed by atoms with Gasteiger partial charge in [-0.25, -0.2) is 4.79 Å². The Morgan fingerprint density at radius 3 is 2.82 bits per heavy atom. The number of para-hydroxylation sites is 1. The molecular weight excluding hydrogens is 284 g/mol. The summed E-state index contributed by atoms with van der Waals surface area (Å²) in [6.45, 7) is 0.860. The van der Waals surface area contributed by atoms with Crippen LogP contribution < -0.4 is 5.32 Å². The summed E-state index contributed by atoms with van der Waals surface area (Å²) in [5.74, 6) is 0. The minimum Gasteiger partial charge on any atom is -0.320 e. The molecule has 112 valence electrons. The number of anilines is 1. The van der Waals surface area contributed by atoms with Crippen LogP contribution in [0.25, 0.3) is 0 Å². The first-order valence-corrected chi connectivity index (χ1v) is 6.86. The standard InChI is InChI=1S/C15H14N4O3/c20-15(17-12-4-2-1-3-5-12)18-7-6-14-11(10-18)8-13(9-16-14)19(21)22/h1-5,8-9H,6-7,10H2,(H,17,20). The number of nitro groups is 1. The number of fused-ring (bicyclic) bond motifs is 1. The van der Waals surface area contributed by atoms with Crippen molar-refractivity contribution in [3.63, 3.8) is 0 Å². The largest absolute Gasteiger partial charge is 0.322 e. The molecule has 0 fully saturated rings. The van der Waals surface area contributed by atoms with E-state index in [0.717, 1.165) is 16.9 Å². The molecule has 0 saturated heterocycles. The molecule has 0 unspecified atom stereocenters. The fourth-order valence-electron chi connectivity index (χ4n) is 2.41. The number of rotatable bonds is 2. The van der Waals surface area contributed by atoms with Gasteiger partial charge in [0.25, 0.3) is 5.69 Å². The van der Waals surface area contributed by atoms with Crippen molar-refractivity contribution in [1.82, 2.24) is 9.88 Å². The Hall–Kier alpha value is -2.96. The van der Waals surface area contributed by atoms with Crippen LogP contribution in [0.3, 0.4) is 0 Å². The summed E-state index contributed by atoms with van der Waals surface area (Å²) < 4.78 is 0. The van der Waals surface area contributed by atoms with Gasteiger partial charge in [-0.2, -0.15) is 0 Å². The summed E-state index contributed by atoms with van der Waals surface area (Å²) in [4.78, 5) is 28.3. The van der Waals surface area contributed by atoms with Gasteiger partial charge in [0.1, 0.15) is 6.20 Å². The third-order valence-electron chi connectivity index (χ3n) is 3.55. The van der Waals surface area contributed by atoms with E-state index in [1.54, 1.807) is 4.90 Å². The van der Waals surface area contributed by atoms with Crippen LogP contribution >= 0.6 is 0 Å². The fraction of sp³-hybridized carbons (Fsp3) is 0.200. The van der Waals surface area contributed by atoms with Crippen LogP contribution in [0.4, 0.5) is 16.2 Å².